The first kappa shape index (κ1) is 12.6. The van der Waals surface area contributed by atoms with Crippen molar-refractivity contribution < 1.29 is 0 Å². The Morgan fingerprint density at radius 2 is 2.18 bits per heavy atom. The highest BCUT2D eigenvalue weighted by molar-refractivity contribution is 5.17. The smallest absolute Gasteiger partial charge is 0.0656 e. The van der Waals surface area contributed by atoms with E-state index in [2.05, 4.69) is 40.3 Å². The second-order valence-corrected chi connectivity index (χ2v) is 4.80. The number of rotatable bonds is 8. The topological polar surface area (TPSA) is 44.0 Å². The van der Waals surface area contributed by atoms with E-state index in [1.165, 1.54) is 24.2 Å². The van der Waals surface area contributed by atoms with Gasteiger partial charge in [-0.1, -0.05) is 13.8 Å². The molecule has 1 aromatic heterocycles. The normalized spacial score (nSPS) is 15.7. The molecule has 0 aromatic carbocycles. The van der Waals surface area contributed by atoms with Gasteiger partial charge in [-0.3, -0.25) is 5.10 Å². The van der Waals surface area contributed by atoms with Gasteiger partial charge in [0, 0.05) is 31.2 Å². The maximum atomic E-state index is 4.35. The predicted molar refractivity (Wildman–Crippen MR) is 70.1 cm³/mol. The van der Waals surface area contributed by atoms with Crippen LogP contribution in [0.25, 0.3) is 0 Å². The molecule has 0 radical (unpaired) electrons. The van der Waals surface area contributed by atoms with Crippen LogP contribution in [-0.2, 0) is 6.54 Å². The highest BCUT2D eigenvalue weighted by Gasteiger charge is 2.25. The van der Waals surface area contributed by atoms with Crippen molar-refractivity contribution in [2.45, 2.75) is 39.2 Å². The second-order valence-electron chi connectivity index (χ2n) is 4.80. The van der Waals surface area contributed by atoms with Crippen LogP contribution in [0.1, 0.15) is 44.0 Å². The van der Waals surface area contributed by atoms with Crippen LogP contribution in [0.15, 0.2) is 6.07 Å². The third-order valence-corrected chi connectivity index (χ3v) is 3.46. The summed E-state index contributed by atoms with van der Waals surface area (Å²) in [4.78, 5) is 2.43. The maximum Gasteiger partial charge on any atom is 0.0656 e. The fraction of sp³-hybridized carbons (Fsp3) is 0.769. The summed E-state index contributed by atoms with van der Waals surface area (Å²) in [5, 5.41) is 10.9. The molecule has 1 aromatic rings. The maximum absolute atomic E-state index is 4.35. The Morgan fingerprint density at radius 3 is 2.82 bits per heavy atom. The standard InChI is InChI=1S/C13H24N4/c1-3-17(4-2)8-7-14-10-12-9-13(16-15-12)11-5-6-11/h9,11,14H,3-8,10H2,1-2H3,(H,15,16). The van der Waals surface area contributed by atoms with Crippen molar-refractivity contribution in [1.82, 2.24) is 20.4 Å². The van der Waals surface area contributed by atoms with E-state index < -0.39 is 0 Å². The van der Waals surface area contributed by atoms with Gasteiger partial charge in [0.2, 0.25) is 0 Å². The Hall–Kier alpha value is -0.870. The van der Waals surface area contributed by atoms with E-state index in [9.17, 15) is 0 Å². The molecule has 96 valence electrons. The van der Waals surface area contributed by atoms with Gasteiger partial charge in [-0.25, -0.2) is 0 Å². The monoisotopic (exact) mass is 236 g/mol. The summed E-state index contributed by atoms with van der Waals surface area (Å²) >= 11 is 0. The van der Waals surface area contributed by atoms with Crippen LogP contribution in [-0.4, -0.2) is 41.3 Å². The highest BCUT2D eigenvalue weighted by Crippen LogP contribution is 2.38. The summed E-state index contributed by atoms with van der Waals surface area (Å²) in [5.74, 6) is 0.746. The number of nitrogens with zero attached hydrogens (tertiary/aromatic N) is 2. The number of nitrogens with one attached hydrogen (secondary N) is 2. The van der Waals surface area contributed by atoms with Gasteiger partial charge in [-0.05, 0) is 32.0 Å². The van der Waals surface area contributed by atoms with E-state index in [1.54, 1.807) is 0 Å². The van der Waals surface area contributed by atoms with Gasteiger partial charge >= 0.3 is 0 Å². The number of likely N-dealkylation sites (N-methyl/N-ethyl adjacent to an activating group) is 1. The first-order valence-corrected chi connectivity index (χ1v) is 6.80. The second kappa shape index (κ2) is 6.17. The molecule has 0 saturated heterocycles. The van der Waals surface area contributed by atoms with Crippen molar-refractivity contribution in [3.05, 3.63) is 17.5 Å². The molecule has 0 bridgehead atoms. The van der Waals surface area contributed by atoms with Gasteiger partial charge in [-0.2, -0.15) is 5.10 Å². The Labute approximate surface area is 104 Å². The summed E-state index contributed by atoms with van der Waals surface area (Å²) in [7, 11) is 0. The first-order chi connectivity index (χ1) is 8.33. The van der Waals surface area contributed by atoms with Crippen LogP contribution >= 0.6 is 0 Å². The Morgan fingerprint density at radius 1 is 1.41 bits per heavy atom. The molecule has 1 fully saturated rings. The van der Waals surface area contributed by atoms with E-state index in [-0.39, 0.29) is 0 Å². The van der Waals surface area contributed by atoms with Gasteiger partial charge in [0.05, 0.1) is 5.69 Å². The zero-order valence-corrected chi connectivity index (χ0v) is 11.0. The summed E-state index contributed by atoms with van der Waals surface area (Å²) < 4.78 is 0. The Bertz CT molecular complexity index is 326. The lowest BCUT2D eigenvalue weighted by molar-refractivity contribution is 0.302. The zero-order valence-electron chi connectivity index (χ0n) is 11.0. The molecular weight excluding hydrogens is 212 g/mol. The zero-order chi connectivity index (χ0) is 12.1. The Kier molecular flexibility index (Phi) is 4.57. The first-order valence-electron chi connectivity index (χ1n) is 6.80. The SMILES string of the molecule is CCN(CC)CCNCc1cc(C2CC2)n[nH]1. The molecule has 0 amide bonds. The van der Waals surface area contributed by atoms with Gasteiger partial charge in [0.25, 0.3) is 0 Å². The average molecular weight is 236 g/mol. The number of hydrogen-bond acceptors (Lipinski definition) is 3. The molecule has 1 aliphatic rings. The molecule has 2 rings (SSSR count). The van der Waals surface area contributed by atoms with Crippen LogP contribution in [0.3, 0.4) is 0 Å². The minimum Gasteiger partial charge on any atom is -0.310 e. The van der Waals surface area contributed by atoms with Crippen molar-refractivity contribution in [3.63, 3.8) is 0 Å². The fourth-order valence-electron chi connectivity index (χ4n) is 2.06. The molecule has 17 heavy (non-hydrogen) atoms. The summed E-state index contributed by atoms with van der Waals surface area (Å²) in [6.07, 6.45) is 2.64. The van der Waals surface area contributed by atoms with Crippen molar-refractivity contribution in [1.29, 1.82) is 0 Å². The fourth-order valence-corrected chi connectivity index (χ4v) is 2.06. The van der Waals surface area contributed by atoms with Crippen molar-refractivity contribution in [2.24, 2.45) is 0 Å². The van der Waals surface area contributed by atoms with E-state index in [0.717, 1.165) is 38.6 Å². The number of H-pyrrole nitrogens is 1. The van der Waals surface area contributed by atoms with Gasteiger partial charge < -0.3 is 10.2 Å². The van der Waals surface area contributed by atoms with Crippen LogP contribution in [0.5, 0.6) is 0 Å². The quantitative estimate of drug-likeness (QED) is 0.675. The van der Waals surface area contributed by atoms with E-state index in [0.29, 0.717) is 0 Å². The van der Waals surface area contributed by atoms with Gasteiger partial charge in [-0.15, -0.1) is 0 Å². The molecular formula is C13H24N4. The van der Waals surface area contributed by atoms with Crippen molar-refractivity contribution in [3.8, 4) is 0 Å². The van der Waals surface area contributed by atoms with Crippen LogP contribution in [0.4, 0.5) is 0 Å². The molecule has 0 aliphatic heterocycles. The third-order valence-electron chi connectivity index (χ3n) is 3.46. The average Bonchev–Trinajstić information content (AvgIpc) is 3.10. The van der Waals surface area contributed by atoms with E-state index in [1.807, 2.05) is 0 Å². The lowest BCUT2D eigenvalue weighted by Gasteiger charge is -2.17. The van der Waals surface area contributed by atoms with Crippen molar-refractivity contribution in [2.75, 3.05) is 26.2 Å². The minimum atomic E-state index is 0.746. The molecule has 0 unspecified atom stereocenters. The van der Waals surface area contributed by atoms with Gasteiger partial charge in [0.1, 0.15) is 0 Å². The predicted octanol–water partition coefficient (Wildman–Crippen LogP) is 1.72. The lowest BCUT2D eigenvalue weighted by Crippen LogP contribution is -2.31. The molecule has 1 aliphatic carbocycles. The Balaban J connectivity index is 1.63. The number of hydrogen-bond donors (Lipinski definition) is 2. The number of aromatic nitrogens is 2. The third kappa shape index (κ3) is 3.82. The molecule has 1 heterocycles. The molecule has 0 spiro atoms. The minimum absolute atomic E-state index is 0.746. The van der Waals surface area contributed by atoms with E-state index in [4.69, 9.17) is 0 Å². The molecule has 2 N–H and O–H groups in total. The molecule has 4 nitrogen and oxygen atoms in total. The van der Waals surface area contributed by atoms with E-state index >= 15 is 0 Å². The van der Waals surface area contributed by atoms with Crippen LogP contribution in [0.2, 0.25) is 0 Å². The van der Waals surface area contributed by atoms with Crippen molar-refractivity contribution >= 4 is 0 Å². The van der Waals surface area contributed by atoms with Crippen LogP contribution in [0, 0.1) is 0 Å². The number of aromatic amines is 1. The lowest BCUT2D eigenvalue weighted by atomic mass is 10.2. The van der Waals surface area contributed by atoms with Gasteiger partial charge in [0.15, 0.2) is 0 Å². The summed E-state index contributed by atoms with van der Waals surface area (Å²) in [6, 6.07) is 2.21. The van der Waals surface area contributed by atoms with Crippen LogP contribution < -0.4 is 5.32 Å². The molecule has 1 saturated carbocycles. The molecule has 0 atom stereocenters. The summed E-state index contributed by atoms with van der Waals surface area (Å²) in [6.45, 7) is 9.75. The summed E-state index contributed by atoms with van der Waals surface area (Å²) in [5.41, 5.74) is 2.47. The largest absolute Gasteiger partial charge is 0.310 e. The molecule has 4 heteroatoms. The highest BCUT2D eigenvalue weighted by atomic mass is 15.1.